The SMILES string of the molecule is CN(C)C(=O)OC1C[C@H]2CC(NCC(=O)N3CCC[C@H]3C#N)C[C@H]2C1.Cl. The van der Waals surface area contributed by atoms with Crippen LogP contribution in [0.1, 0.15) is 38.5 Å². The smallest absolute Gasteiger partial charge is 0.409 e. The molecule has 2 amide bonds. The predicted molar refractivity (Wildman–Crippen MR) is 98.8 cm³/mol. The largest absolute Gasteiger partial charge is 0.446 e. The van der Waals surface area contributed by atoms with Gasteiger partial charge >= 0.3 is 6.09 Å². The maximum absolute atomic E-state index is 12.3. The van der Waals surface area contributed by atoms with Crippen LogP contribution in [0.15, 0.2) is 0 Å². The van der Waals surface area contributed by atoms with E-state index in [4.69, 9.17) is 10.00 Å². The van der Waals surface area contributed by atoms with E-state index in [1.165, 1.54) is 4.90 Å². The van der Waals surface area contributed by atoms with E-state index in [-0.39, 0.29) is 36.6 Å². The summed E-state index contributed by atoms with van der Waals surface area (Å²) in [4.78, 5) is 27.1. The van der Waals surface area contributed by atoms with E-state index in [2.05, 4.69) is 11.4 Å². The van der Waals surface area contributed by atoms with Crippen molar-refractivity contribution in [2.24, 2.45) is 11.8 Å². The number of amides is 2. The Morgan fingerprint density at radius 2 is 1.88 bits per heavy atom. The van der Waals surface area contributed by atoms with E-state index in [0.29, 0.717) is 31.0 Å². The molecule has 0 bridgehead atoms. The number of ether oxygens (including phenoxy) is 1. The number of likely N-dealkylation sites (tertiary alicyclic amines) is 1. The molecule has 2 aliphatic carbocycles. The third-order valence-electron chi connectivity index (χ3n) is 5.87. The molecule has 26 heavy (non-hydrogen) atoms. The van der Waals surface area contributed by atoms with Crippen molar-refractivity contribution >= 4 is 24.4 Å². The van der Waals surface area contributed by atoms with Gasteiger partial charge in [-0.05, 0) is 50.4 Å². The number of nitrogens with one attached hydrogen (secondary N) is 1. The Kier molecular flexibility index (Phi) is 7.13. The minimum Gasteiger partial charge on any atom is -0.446 e. The van der Waals surface area contributed by atoms with Gasteiger partial charge in [0.15, 0.2) is 0 Å². The summed E-state index contributed by atoms with van der Waals surface area (Å²) < 4.78 is 5.51. The number of carbonyl (C=O) groups is 2. The summed E-state index contributed by atoms with van der Waals surface area (Å²) in [5.41, 5.74) is 0. The average Bonchev–Trinajstić information content (AvgIpc) is 3.26. The van der Waals surface area contributed by atoms with Crippen LogP contribution in [0, 0.1) is 23.2 Å². The van der Waals surface area contributed by atoms with Gasteiger partial charge in [-0.15, -0.1) is 12.4 Å². The maximum Gasteiger partial charge on any atom is 0.409 e. The molecular formula is C18H29ClN4O3. The van der Waals surface area contributed by atoms with Crippen molar-refractivity contribution in [1.82, 2.24) is 15.1 Å². The average molecular weight is 385 g/mol. The van der Waals surface area contributed by atoms with Crippen LogP contribution in [-0.2, 0) is 9.53 Å². The van der Waals surface area contributed by atoms with Gasteiger partial charge in [0.05, 0.1) is 12.6 Å². The van der Waals surface area contributed by atoms with Crippen LogP contribution in [0.5, 0.6) is 0 Å². The highest BCUT2D eigenvalue weighted by molar-refractivity contribution is 5.85. The van der Waals surface area contributed by atoms with E-state index >= 15 is 0 Å². The molecule has 3 rings (SSSR count). The molecule has 1 heterocycles. The molecule has 2 saturated carbocycles. The number of hydrogen-bond acceptors (Lipinski definition) is 5. The van der Waals surface area contributed by atoms with Crippen LogP contribution in [0.4, 0.5) is 4.79 Å². The quantitative estimate of drug-likeness (QED) is 0.798. The minimum atomic E-state index is -0.261. The van der Waals surface area contributed by atoms with Crippen LogP contribution in [0.3, 0.4) is 0 Å². The van der Waals surface area contributed by atoms with Crippen LogP contribution in [-0.4, -0.2) is 67.2 Å². The Bertz CT molecular complexity index is 551. The fourth-order valence-corrected chi connectivity index (χ4v) is 4.60. The maximum atomic E-state index is 12.3. The molecule has 7 nitrogen and oxygen atoms in total. The number of hydrogen-bond donors (Lipinski definition) is 1. The highest BCUT2D eigenvalue weighted by atomic mass is 35.5. The summed E-state index contributed by atoms with van der Waals surface area (Å²) in [6, 6.07) is 2.32. The van der Waals surface area contributed by atoms with Crippen LogP contribution < -0.4 is 5.32 Å². The summed E-state index contributed by atoms with van der Waals surface area (Å²) in [5.74, 6) is 1.19. The molecule has 1 N–H and O–H groups in total. The standard InChI is InChI=1S/C18H28N4O3.ClH/c1-21(2)18(24)25-16-8-12-6-14(7-13(12)9-16)20-11-17(23)22-5-3-4-15(22)10-19;/h12-16,20H,3-9,11H2,1-2H3;1H/t12-,13+,14?,15-,16?;/m0./s1. The second-order valence-electron chi connectivity index (χ2n) is 7.82. The Balaban J connectivity index is 0.00000243. The first-order valence-corrected chi connectivity index (χ1v) is 9.28. The molecule has 0 radical (unpaired) electrons. The van der Waals surface area contributed by atoms with Gasteiger partial charge in [-0.3, -0.25) is 4.79 Å². The summed E-state index contributed by atoms with van der Waals surface area (Å²) in [6.07, 6.45) is 5.42. The van der Waals surface area contributed by atoms with Gasteiger partial charge in [-0.25, -0.2) is 4.79 Å². The van der Waals surface area contributed by atoms with Crippen molar-refractivity contribution in [2.45, 2.75) is 56.7 Å². The third kappa shape index (κ3) is 4.60. The third-order valence-corrected chi connectivity index (χ3v) is 5.87. The van der Waals surface area contributed by atoms with Crippen molar-refractivity contribution in [3.63, 3.8) is 0 Å². The first-order chi connectivity index (χ1) is 12.0. The zero-order chi connectivity index (χ0) is 18.0. The van der Waals surface area contributed by atoms with E-state index < -0.39 is 0 Å². The lowest BCUT2D eigenvalue weighted by Crippen LogP contribution is -2.43. The zero-order valence-corrected chi connectivity index (χ0v) is 16.3. The molecule has 0 aromatic carbocycles. The monoisotopic (exact) mass is 384 g/mol. The van der Waals surface area contributed by atoms with Gasteiger partial charge in [0.1, 0.15) is 12.1 Å². The summed E-state index contributed by atoms with van der Waals surface area (Å²) in [6.45, 7) is 1.02. The molecule has 3 fully saturated rings. The molecule has 0 spiro atoms. The van der Waals surface area contributed by atoms with Crippen molar-refractivity contribution in [3.05, 3.63) is 0 Å². The predicted octanol–water partition coefficient (Wildman–Crippen LogP) is 1.77. The zero-order valence-electron chi connectivity index (χ0n) is 15.5. The van der Waals surface area contributed by atoms with Crippen LogP contribution >= 0.6 is 12.4 Å². The lowest BCUT2D eigenvalue weighted by atomic mass is 10.0. The fourth-order valence-electron chi connectivity index (χ4n) is 4.60. The Morgan fingerprint density at radius 3 is 2.46 bits per heavy atom. The summed E-state index contributed by atoms with van der Waals surface area (Å²) >= 11 is 0. The Labute approximate surface area is 161 Å². The molecule has 1 saturated heterocycles. The van der Waals surface area contributed by atoms with Crippen molar-refractivity contribution < 1.29 is 14.3 Å². The first kappa shape index (κ1) is 20.8. The molecular weight excluding hydrogens is 356 g/mol. The Morgan fingerprint density at radius 1 is 1.23 bits per heavy atom. The molecule has 8 heteroatoms. The first-order valence-electron chi connectivity index (χ1n) is 9.28. The van der Waals surface area contributed by atoms with E-state index in [1.807, 2.05) is 0 Å². The van der Waals surface area contributed by atoms with E-state index in [1.54, 1.807) is 19.0 Å². The number of carbonyl (C=O) groups excluding carboxylic acids is 2. The lowest BCUT2D eigenvalue weighted by molar-refractivity contribution is -0.130. The molecule has 0 aromatic heterocycles. The topological polar surface area (TPSA) is 85.7 Å². The van der Waals surface area contributed by atoms with Gasteiger partial charge in [0, 0.05) is 26.7 Å². The van der Waals surface area contributed by atoms with Gasteiger partial charge in [-0.1, -0.05) is 0 Å². The van der Waals surface area contributed by atoms with Gasteiger partial charge in [0.2, 0.25) is 5.91 Å². The molecule has 2 unspecified atom stereocenters. The number of nitrogens with zero attached hydrogens (tertiary/aromatic N) is 3. The van der Waals surface area contributed by atoms with Crippen molar-refractivity contribution in [2.75, 3.05) is 27.2 Å². The molecule has 146 valence electrons. The molecule has 5 atom stereocenters. The molecule has 3 aliphatic rings. The fraction of sp³-hybridized carbons (Fsp3) is 0.833. The summed E-state index contributed by atoms with van der Waals surface area (Å²) in [5, 5.41) is 12.5. The number of fused-ring (bicyclic) bond motifs is 1. The Hall–Kier alpha value is -1.52. The second-order valence-corrected chi connectivity index (χ2v) is 7.82. The van der Waals surface area contributed by atoms with Crippen molar-refractivity contribution in [3.8, 4) is 6.07 Å². The molecule has 0 aromatic rings. The van der Waals surface area contributed by atoms with Crippen molar-refractivity contribution in [1.29, 1.82) is 5.26 Å². The minimum absolute atomic E-state index is 0. The second kappa shape index (κ2) is 8.92. The summed E-state index contributed by atoms with van der Waals surface area (Å²) in [7, 11) is 3.40. The van der Waals surface area contributed by atoms with E-state index in [9.17, 15) is 9.59 Å². The lowest BCUT2D eigenvalue weighted by Gasteiger charge is -2.22. The van der Waals surface area contributed by atoms with Gasteiger partial charge in [0.25, 0.3) is 0 Å². The van der Waals surface area contributed by atoms with E-state index in [0.717, 1.165) is 38.5 Å². The van der Waals surface area contributed by atoms with Gasteiger partial charge < -0.3 is 19.9 Å². The number of halogens is 1. The highest BCUT2D eigenvalue weighted by Crippen LogP contribution is 2.45. The van der Waals surface area contributed by atoms with Gasteiger partial charge in [-0.2, -0.15) is 5.26 Å². The number of nitriles is 1. The highest BCUT2D eigenvalue weighted by Gasteiger charge is 2.43. The number of rotatable bonds is 4. The van der Waals surface area contributed by atoms with Crippen LogP contribution in [0.25, 0.3) is 0 Å². The molecule has 1 aliphatic heterocycles. The van der Waals surface area contributed by atoms with Crippen LogP contribution in [0.2, 0.25) is 0 Å². The normalized spacial score (nSPS) is 32.5.